The molecule has 0 bridgehead atoms. The van der Waals surface area contributed by atoms with Gasteiger partial charge in [0.15, 0.2) is 5.13 Å². The highest BCUT2D eigenvalue weighted by molar-refractivity contribution is 7.22. The summed E-state index contributed by atoms with van der Waals surface area (Å²) < 4.78 is 12.2. The number of aliphatic hydroxyl groups excluding tert-OH is 1. The number of amides is 1. The minimum atomic E-state index is -0.977. The minimum absolute atomic E-state index is 0.0152. The van der Waals surface area contributed by atoms with Crippen LogP contribution in [0.25, 0.3) is 16.0 Å². The van der Waals surface area contributed by atoms with Crippen LogP contribution >= 0.6 is 34.5 Å². The molecule has 1 aromatic heterocycles. The van der Waals surface area contributed by atoms with Crippen LogP contribution in [0, 0.1) is 0 Å². The Kier molecular flexibility index (Phi) is 6.49. The number of aromatic nitrogens is 1. The van der Waals surface area contributed by atoms with Gasteiger partial charge in [-0.05, 0) is 73.5 Å². The number of carbonyl (C=O) groups excluding carboxylic acids is 2. The van der Waals surface area contributed by atoms with Crippen molar-refractivity contribution in [2.75, 3.05) is 11.5 Å². The molecular formula is C29H22Cl2N2O5S. The predicted molar refractivity (Wildman–Crippen MR) is 152 cm³/mol. The first-order valence-electron chi connectivity index (χ1n) is 12.3. The number of ether oxygens (including phenoxy) is 2. The zero-order chi connectivity index (χ0) is 27.4. The van der Waals surface area contributed by atoms with Crippen LogP contribution in [0.15, 0.2) is 60.2 Å². The average Bonchev–Trinajstić information content (AvgIpc) is 3.57. The molecule has 2 aliphatic heterocycles. The molecule has 4 aromatic rings. The smallest absolute Gasteiger partial charge is 0.301 e. The fraction of sp³-hybridized carbons (Fsp3) is 0.207. The number of Topliss-reactive ketones (excluding diaryl/α,β-unsaturated/α-hetero) is 1. The van der Waals surface area contributed by atoms with Crippen LogP contribution in [0.2, 0.25) is 10.0 Å². The SMILES string of the molecule is CCOc1ccc2nc(N3C(=O)C(=O)C(=C(O)c4ccc5c(c4)C[C@H](C)O5)[C@@H]3c3ccc(Cl)c(Cl)c3)sc2c1. The van der Waals surface area contributed by atoms with E-state index in [1.54, 1.807) is 48.5 Å². The Bertz CT molecular complexity index is 1700. The van der Waals surface area contributed by atoms with E-state index in [1.165, 1.54) is 16.2 Å². The molecule has 39 heavy (non-hydrogen) atoms. The van der Waals surface area contributed by atoms with Gasteiger partial charge < -0.3 is 14.6 Å². The molecule has 0 radical (unpaired) electrons. The second kappa shape index (κ2) is 9.86. The summed E-state index contributed by atoms with van der Waals surface area (Å²) in [5, 5.41) is 12.4. The summed E-state index contributed by atoms with van der Waals surface area (Å²) in [6, 6.07) is 14.6. The molecule has 6 rings (SSSR count). The second-order valence-electron chi connectivity index (χ2n) is 9.36. The maximum Gasteiger partial charge on any atom is 0.301 e. The first kappa shape index (κ1) is 25.7. The van der Waals surface area contributed by atoms with Gasteiger partial charge in [-0.1, -0.05) is 40.6 Å². The first-order valence-corrected chi connectivity index (χ1v) is 13.9. The zero-order valence-electron chi connectivity index (χ0n) is 20.9. The van der Waals surface area contributed by atoms with Gasteiger partial charge >= 0.3 is 5.91 Å². The number of nitrogens with zero attached hydrogens (tertiary/aromatic N) is 2. The van der Waals surface area contributed by atoms with Crippen LogP contribution in [-0.4, -0.2) is 34.5 Å². The Morgan fingerprint density at radius 3 is 2.72 bits per heavy atom. The Hall–Kier alpha value is -3.59. The van der Waals surface area contributed by atoms with Gasteiger partial charge in [0, 0.05) is 12.0 Å². The van der Waals surface area contributed by atoms with Gasteiger partial charge in [0.25, 0.3) is 5.78 Å². The molecule has 2 atom stereocenters. The number of rotatable bonds is 5. The van der Waals surface area contributed by atoms with Crippen molar-refractivity contribution in [3.05, 3.63) is 86.9 Å². The molecular weight excluding hydrogens is 559 g/mol. The van der Waals surface area contributed by atoms with E-state index in [0.717, 1.165) is 16.0 Å². The van der Waals surface area contributed by atoms with E-state index in [0.29, 0.717) is 45.6 Å². The number of carbonyl (C=O) groups is 2. The summed E-state index contributed by atoms with van der Waals surface area (Å²) in [4.78, 5) is 33.1. The van der Waals surface area contributed by atoms with E-state index >= 15 is 0 Å². The summed E-state index contributed by atoms with van der Waals surface area (Å²) in [6.45, 7) is 4.37. The van der Waals surface area contributed by atoms with Crippen LogP contribution in [0.5, 0.6) is 11.5 Å². The molecule has 3 heterocycles. The van der Waals surface area contributed by atoms with E-state index < -0.39 is 17.7 Å². The highest BCUT2D eigenvalue weighted by atomic mass is 35.5. The average molecular weight is 581 g/mol. The highest BCUT2D eigenvalue weighted by Gasteiger charge is 2.48. The first-order chi connectivity index (χ1) is 18.7. The summed E-state index contributed by atoms with van der Waals surface area (Å²) in [7, 11) is 0. The van der Waals surface area contributed by atoms with Crippen molar-refractivity contribution in [1.29, 1.82) is 0 Å². The van der Waals surface area contributed by atoms with Gasteiger partial charge in [-0.3, -0.25) is 14.5 Å². The monoisotopic (exact) mass is 580 g/mol. The molecule has 10 heteroatoms. The zero-order valence-corrected chi connectivity index (χ0v) is 23.2. The number of benzene rings is 3. The molecule has 0 spiro atoms. The maximum atomic E-state index is 13.6. The standard InChI is InChI=1S/C29H22Cl2N2O5S/c1-3-37-18-6-8-21-23(13-18)39-29(32-21)33-25(15-4-7-19(30)20(31)12-15)24(27(35)28(33)36)26(34)16-5-9-22-17(11-16)10-14(2)38-22/h4-9,11-14,25,34H,3,10H2,1-2H3/t14-,25-/m0/s1. The van der Waals surface area contributed by atoms with Crippen molar-refractivity contribution in [1.82, 2.24) is 4.98 Å². The summed E-state index contributed by atoms with van der Waals surface area (Å²) in [5.41, 5.74) is 2.45. The lowest BCUT2D eigenvalue weighted by molar-refractivity contribution is -0.132. The summed E-state index contributed by atoms with van der Waals surface area (Å²) in [6.07, 6.45) is 0.692. The number of halogens is 2. The van der Waals surface area contributed by atoms with Crippen molar-refractivity contribution < 1.29 is 24.2 Å². The van der Waals surface area contributed by atoms with E-state index in [1.807, 2.05) is 19.9 Å². The van der Waals surface area contributed by atoms with Crippen LogP contribution < -0.4 is 14.4 Å². The molecule has 1 fully saturated rings. The largest absolute Gasteiger partial charge is 0.507 e. The van der Waals surface area contributed by atoms with Gasteiger partial charge in [-0.25, -0.2) is 4.98 Å². The summed E-state index contributed by atoms with van der Waals surface area (Å²) >= 11 is 13.8. The Morgan fingerprint density at radius 1 is 1.13 bits per heavy atom. The van der Waals surface area contributed by atoms with Crippen molar-refractivity contribution >= 4 is 67.3 Å². The minimum Gasteiger partial charge on any atom is -0.507 e. The number of ketones is 1. The van der Waals surface area contributed by atoms with E-state index in [9.17, 15) is 14.7 Å². The third-order valence-corrected chi connectivity index (χ3v) is 8.50. The topological polar surface area (TPSA) is 89.0 Å². The molecule has 1 saturated heterocycles. The van der Waals surface area contributed by atoms with Crippen LogP contribution in [0.1, 0.15) is 36.6 Å². The quantitative estimate of drug-likeness (QED) is 0.156. The number of hydrogen-bond donors (Lipinski definition) is 1. The number of hydrogen-bond acceptors (Lipinski definition) is 7. The van der Waals surface area contributed by atoms with Crippen LogP contribution in [0.4, 0.5) is 5.13 Å². The molecule has 0 aliphatic carbocycles. The fourth-order valence-corrected chi connectivity index (χ4v) is 6.33. The highest BCUT2D eigenvalue weighted by Crippen LogP contribution is 2.46. The molecule has 1 amide bonds. The Balaban J connectivity index is 1.52. The van der Waals surface area contributed by atoms with Gasteiger partial charge in [0.05, 0.1) is 38.5 Å². The second-order valence-corrected chi connectivity index (χ2v) is 11.2. The third kappa shape index (κ3) is 4.42. The normalized spacial score (nSPS) is 19.9. The Morgan fingerprint density at radius 2 is 1.95 bits per heavy atom. The van der Waals surface area contributed by atoms with Crippen LogP contribution in [-0.2, 0) is 16.0 Å². The molecule has 2 aliphatic rings. The maximum absolute atomic E-state index is 13.6. The summed E-state index contributed by atoms with van der Waals surface area (Å²) in [5.74, 6) is -0.480. The number of anilines is 1. The van der Waals surface area contributed by atoms with Gasteiger partial charge in [0.1, 0.15) is 23.4 Å². The lowest BCUT2D eigenvalue weighted by Gasteiger charge is -2.23. The van der Waals surface area contributed by atoms with Gasteiger partial charge in [-0.15, -0.1) is 0 Å². The lowest BCUT2D eigenvalue weighted by atomic mass is 9.94. The molecule has 7 nitrogen and oxygen atoms in total. The number of thiazole rings is 1. The van der Waals surface area contributed by atoms with E-state index in [4.69, 9.17) is 32.7 Å². The lowest BCUT2D eigenvalue weighted by Crippen LogP contribution is -2.29. The molecule has 198 valence electrons. The van der Waals surface area contributed by atoms with Crippen LogP contribution in [0.3, 0.4) is 0 Å². The predicted octanol–water partition coefficient (Wildman–Crippen LogP) is 6.95. The van der Waals surface area contributed by atoms with Gasteiger partial charge in [0.2, 0.25) is 0 Å². The van der Waals surface area contributed by atoms with E-state index in [2.05, 4.69) is 4.98 Å². The van der Waals surface area contributed by atoms with Gasteiger partial charge in [-0.2, -0.15) is 0 Å². The molecule has 0 unspecified atom stereocenters. The Labute approximate surface area is 238 Å². The number of fused-ring (bicyclic) bond motifs is 2. The van der Waals surface area contributed by atoms with Crippen molar-refractivity contribution in [3.8, 4) is 11.5 Å². The third-order valence-electron chi connectivity index (χ3n) is 6.74. The van der Waals surface area contributed by atoms with Crippen molar-refractivity contribution in [2.45, 2.75) is 32.4 Å². The van der Waals surface area contributed by atoms with Crippen molar-refractivity contribution in [3.63, 3.8) is 0 Å². The van der Waals surface area contributed by atoms with Crippen molar-refractivity contribution in [2.24, 2.45) is 0 Å². The fourth-order valence-electron chi connectivity index (χ4n) is 5.00. The molecule has 1 N–H and O–H groups in total. The number of aliphatic hydroxyl groups is 1. The molecule has 0 saturated carbocycles. The molecule has 3 aromatic carbocycles. The van der Waals surface area contributed by atoms with E-state index in [-0.39, 0.29) is 22.5 Å².